The Morgan fingerprint density at radius 1 is 1.07 bits per heavy atom. The molecule has 1 aromatic rings. The summed E-state index contributed by atoms with van der Waals surface area (Å²) in [7, 11) is -1.65. The van der Waals surface area contributed by atoms with E-state index in [9.17, 15) is 13.2 Å². The normalized spacial score (nSPS) is 23.8. The monoisotopic (exact) mass is 422 g/mol. The SMILES string of the molecule is CNc1nc(C2CCN(C(C)=O)C2)nc2c1CN(S(=O)(=O)N1CCCCC1)CC2. The van der Waals surface area contributed by atoms with Crippen molar-refractivity contribution in [3.05, 3.63) is 17.1 Å². The predicted octanol–water partition coefficient (Wildman–Crippen LogP) is 0.943. The van der Waals surface area contributed by atoms with Crippen LogP contribution in [0.25, 0.3) is 0 Å². The zero-order valence-electron chi connectivity index (χ0n) is 17.2. The number of likely N-dealkylation sites (tertiary alicyclic amines) is 1. The van der Waals surface area contributed by atoms with Crippen LogP contribution >= 0.6 is 0 Å². The minimum atomic E-state index is -3.46. The van der Waals surface area contributed by atoms with Gasteiger partial charge in [0.2, 0.25) is 5.91 Å². The minimum absolute atomic E-state index is 0.0814. The van der Waals surface area contributed by atoms with Crippen molar-refractivity contribution in [2.45, 2.75) is 51.5 Å². The van der Waals surface area contributed by atoms with Crippen LogP contribution in [0.5, 0.6) is 0 Å². The number of anilines is 1. The van der Waals surface area contributed by atoms with Crippen LogP contribution < -0.4 is 5.32 Å². The molecule has 2 fully saturated rings. The summed E-state index contributed by atoms with van der Waals surface area (Å²) in [6, 6.07) is 0. The molecule has 4 heterocycles. The van der Waals surface area contributed by atoms with Crippen LogP contribution in [0.4, 0.5) is 5.82 Å². The molecule has 1 unspecified atom stereocenters. The maximum Gasteiger partial charge on any atom is 0.282 e. The molecule has 1 aromatic heterocycles. The second-order valence-corrected chi connectivity index (χ2v) is 10.0. The molecule has 9 nitrogen and oxygen atoms in total. The highest BCUT2D eigenvalue weighted by Gasteiger charge is 2.35. The second-order valence-electron chi connectivity index (χ2n) is 8.11. The summed E-state index contributed by atoms with van der Waals surface area (Å²) in [6.07, 6.45) is 4.39. The Morgan fingerprint density at radius 2 is 1.83 bits per heavy atom. The summed E-state index contributed by atoms with van der Waals surface area (Å²) in [6.45, 7) is 4.92. The number of amides is 1. The highest BCUT2D eigenvalue weighted by molar-refractivity contribution is 7.86. The number of carbonyl (C=O) groups excluding carboxylic acids is 1. The fourth-order valence-electron chi connectivity index (χ4n) is 4.51. The van der Waals surface area contributed by atoms with E-state index in [1.165, 1.54) is 0 Å². The minimum Gasteiger partial charge on any atom is -0.373 e. The Balaban J connectivity index is 1.56. The molecule has 10 heteroatoms. The molecule has 3 aliphatic rings. The lowest BCUT2D eigenvalue weighted by Crippen LogP contribution is -2.47. The van der Waals surface area contributed by atoms with Gasteiger partial charge in [-0.2, -0.15) is 17.0 Å². The maximum absolute atomic E-state index is 13.1. The van der Waals surface area contributed by atoms with Gasteiger partial charge in [0.25, 0.3) is 10.2 Å². The summed E-state index contributed by atoms with van der Waals surface area (Å²) in [5, 5.41) is 3.14. The molecule has 4 rings (SSSR count). The summed E-state index contributed by atoms with van der Waals surface area (Å²) >= 11 is 0. The average Bonchev–Trinajstić information content (AvgIpc) is 3.24. The van der Waals surface area contributed by atoms with Crippen molar-refractivity contribution >= 4 is 21.9 Å². The number of carbonyl (C=O) groups is 1. The Labute approximate surface area is 172 Å². The number of fused-ring (bicyclic) bond motifs is 1. The zero-order valence-corrected chi connectivity index (χ0v) is 18.0. The number of piperidine rings is 1. The largest absolute Gasteiger partial charge is 0.373 e. The summed E-state index contributed by atoms with van der Waals surface area (Å²) < 4.78 is 29.3. The van der Waals surface area contributed by atoms with Crippen molar-refractivity contribution in [1.82, 2.24) is 23.5 Å². The van der Waals surface area contributed by atoms with Crippen molar-refractivity contribution in [3.8, 4) is 0 Å². The van der Waals surface area contributed by atoms with Crippen molar-refractivity contribution < 1.29 is 13.2 Å². The van der Waals surface area contributed by atoms with Crippen LogP contribution in [0, 0.1) is 0 Å². The molecule has 1 atom stereocenters. The first kappa shape index (κ1) is 20.5. The van der Waals surface area contributed by atoms with Gasteiger partial charge in [-0.1, -0.05) is 6.42 Å². The zero-order chi connectivity index (χ0) is 20.6. The number of rotatable bonds is 4. The molecule has 0 radical (unpaired) electrons. The maximum atomic E-state index is 13.1. The number of aromatic nitrogens is 2. The van der Waals surface area contributed by atoms with Crippen LogP contribution in [-0.2, 0) is 28.0 Å². The molecule has 3 aliphatic heterocycles. The molecular formula is C19H30N6O3S. The number of hydrogen-bond donors (Lipinski definition) is 1. The first-order valence-electron chi connectivity index (χ1n) is 10.5. The van der Waals surface area contributed by atoms with Crippen LogP contribution in [0.2, 0.25) is 0 Å². The summed E-state index contributed by atoms with van der Waals surface area (Å²) in [5.74, 6) is 1.67. The predicted molar refractivity (Wildman–Crippen MR) is 110 cm³/mol. The first-order chi connectivity index (χ1) is 13.9. The third kappa shape index (κ3) is 3.97. The van der Waals surface area contributed by atoms with Crippen molar-refractivity contribution in [1.29, 1.82) is 0 Å². The van der Waals surface area contributed by atoms with E-state index in [-0.39, 0.29) is 11.8 Å². The van der Waals surface area contributed by atoms with E-state index < -0.39 is 10.2 Å². The summed E-state index contributed by atoms with van der Waals surface area (Å²) in [5.41, 5.74) is 1.79. The summed E-state index contributed by atoms with van der Waals surface area (Å²) in [4.78, 5) is 23.0. The van der Waals surface area contributed by atoms with Crippen LogP contribution in [0.3, 0.4) is 0 Å². The first-order valence-corrected chi connectivity index (χ1v) is 11.9. The van der Waals surface area contributed by atoms with Crippen LogP contribution in [-0.4, -0.2) is 77.6 Å². The third-order valence-corrected chi connectivity index (χ3v) is 8.23. The second kappa shape index (κ2) is 8.16. The number of nitrogens with zero attached hydrogens (tertiary/aromatic N) is 5. The highest BCUT2D eigenvalue weighted by atomic mass is 32.2. The van der Waals surface area contributed by atoms with Gasteiger partial charge in [-0.25, -0.2) is 9.97 Å². The van der Waals surface area contributed by atoms with E-state index in [0.717, 1.165) is 49.3 Å². The molecule has 2 saturated heterocycles. The van der Waals surface area contributed by atoms with E-state index >= 15 is 0 Å². The van der Waals surface area contributed by atoms with Gasteiger partial charge in [0.15, 0.2) is 0 Å². The molecule has 29 heavy (non-hydrogen) atoms. The van der Waals surface area contributed by atoms with Gasteiger partial charge in [-0.05, 0) is 19.3 Å². The van der Waals surface area contributed by atoms with Crippen molar-refractivity contribution in [3.63, 3.8) is 0 Å². The van der Waals surface area contributed by atoms with E-state index in [1.807, 2.05) is 4.90 Å². The van der Waals surface area contributed by atoms with E-state index in [1.54, 1.807) is 22.6 Å². The number of nitrogens with one attached hydrogen (secondary N) is 1. The molecular weight excluding hydrogens is 392 g/mol. The lowest BCUT2D eigenvalue weighted by Gasteiger charge is -2.35. The standard InChI is InChI=1S/C19H30N6O3S/c1-14(26)23-10-6-15(12-23)18-21-17-7-11-25(13-16(17)19(20-2)22-18)29(27,28)24-8-4-3-5-9-24/h15H,3-13H2,1-2H3,(H,20,21,22). The van der Waals surface area contributed by atoms with Gasteiger partial charge in [-0.15, -0.1) is 0 Å². The van der Waals surface area contributed by atoms with Crippen LogP contribution in [0.15, 0.2) is 0 Å². The molecule has 0 spiro atoms. The molecule has 1 amide bonds. The topological polar surface area (TPSA) is 98.7 Å². The van der Waals surface area contributed by atoms with Gasteiger partial charge in [0.1, 0.15) is 11.6 Å². The Kier molecular flexibility index (Phi) is 5.76. The fraction of sp³-hybridized carbons (Fsp3) is 0.737. The van der Waals surface area contributed by atoms with E-state index in [0.29, 0.717) is 45.0 Å². The lowest BCUT2D eigenvalue weighted by atomic mass is 10.0. The van der Waals surface area contributed by atoms with Crippen LogP contribution in [0.1, 0.15) is 55.6 Å². The van der Waals surface area contributed by atoms with E-state index in [4.69, 9.17) is 9.97 Å². The molecule has 0 bridgehead atoms. The average molecular weight is 423 g/mol. The highest BCUT2D eigenvalue weighted by Crippen LogP contribution is 2.31. The Bertz CT molecular complexity index is 867. The van der Waals surface area contributed by atoms with E-state index in [2.05, 4.69) is 5.32 Å². The Hall–Kier alpha value is -1.78. The third-order valence-electron chi connectivity index (χ3n) is 6.25. The quantitative estimate of drug-likeness (QED) is 0.776. The van der Waals surface area contributed by atoms with Gasteiger partial charge < -0.3 is 10.2 Å². The smallest absolute Gasteiger partial charge is 0.282 e. The molecule has 0 aliphatic carbocycles. The molecule has 0 aromatic carbocycles. The van der Waals surface area contributed by atoms with Gasteiger partial charge in [0, 0.05) is 71.1 Å². The van der Waals surface area contributed by atoms with Crippen molar-refractivity contribution in [2.24, 2.45) is 0 Å². The molecule has 1 N–H and O–H groups in total. The number of hydrogen-bond acceptors (Lipinski definition) is 6. The molecule has 160 valence electrons. The Morgan fingerprint density at radius 3 is 2.48 bits per heavy atom. The van der Waals surface area contributed by atoms with Gasteiger partial charge in [0.05, 0.1) is 5.69 Å². The van der Waals surface area contributed by atoms with Gasteiger partial charge in [-0.3, -0.25) is 4.79 Å². The fourth-order valence-corrected chi connectivity index (χ4v) is 6.17. The molecule has 0 saturated carbocycles. The lowest BCUT2D eigenvalue weighted by molar-refractivity contribution is -0.127. The van der Waals surface area contributed by atoms with Gasteiger partial charge >= 0.3 is 0 Å². The van der Waals surface area contributed by atoms with Crippen molar-refractivity contribution in [2.75, 3.05) is 45.1 Å².